The van der Waals surface area contributed by atoms with Crippen molar-refractivity contribution in [1.82, 2.24) is 0 Å². The summed E-state index contributed by atoms with van der Waals surface area (Å²) in [7, 11) is -1.50. The molecule has 0 bridgehead atoms. The van der Waals surface area contributed by atoms with Crippen LogP contribution in [0.5, 0.6) is 0 Å². The Morgan fingerprint density at radius 1 is 1.05 bits per heavy atom. The zero-order chi connectivity index (χ0) is 13.8. The minimum absolute atomic E-state index is 0.393. The van der Waals surface area contributed by atoms with E-state index in [9.17, 15) is 14.4 Å². The van der Waals surface area contributed by atoms with Crippen molar-refractivity contribution in [3.8, 4) is 11.1 Å². The van der Waals surface area contributed by atoms with E-state index in [0.717, 1.165) is 16.7 Å². The molecule has 2 nitrogen and oxygen atoms in total. The van der Waals surface area contributed by atoms with Crippen molar-refractivity contribution in [3.05, 3.63) is 54.1 Å². The molecule has 2 aromatic carbocycles. The van der Waals surface area contributed by atoms with Gasteiger partial charge in [0.05, 0.1) is 0 Å². The van der Waals surface area contributed by atoms with Gasteiger partial charge < -0.3 is 10.0 Å². The van der Waals surface area contributed by atoms with E-state index in [1.165, 1.54) is 6.92 Å². The molecule has 0 heterocycles. The van der Waals surface area contributed by atoms with Crippen LogP contribution >= 0.6 is 0 Å². The Kier molecular flexibility index (Phi) is 4.35. The second-order valence-electron chi connectivity index (χ2n) is 4.64. The Morgan fingerprint density at radius 3 is 2.26 bits per heavy atom. The highest BCUT2D eigenvalue weighted by atomic mass is 19.1. The van der Waals surface area contributed by atoms with Crippen molar-refractivity contribution in [1.29, 1.82) is 0 Å². The molecule has 0 aliphatic carbocycles. The van der Waals surface area contributed by atoms with Gasteiger partial charge in [-0.1, -0.05) is 48.5 Å². The van der Waals surface area contributed by atoms with E-state index >= 15 is 0 Å². The summed E-state index contributed by atoms with van der Waals surface area (Å²) in [5.74, 6) is 0. The molecule has 0 aromatic heterocycles. The van der Waals surface area contributed by atoms with E-state index in [4.69, 9.17) is 0 Å². The van der Waals surface area contributed by atoms with Crippen molar-refractivity contribution >= 4 is 12.6 Å². The summed E-state index contributed by atoms with van der Waals surface area (Å²) in [5, 5.41) is 18.7. The third kappa shape index (κ3) is 3.43. The van der Waals surface area contributed by atoms with Crippen LogP contribution in [0, 0.1) is 0 Å². The minimum atomic E-state index is -1.50. The summed E-state index contributed by atoms with van der Waals surface area (Å²) in [6.07, 6.45) is -0.470. The molecule has 4 heteroatoms. The van der Waals surface area contributed by atoms with Gasteiger partial charge >= 0.3 is 7.12 Å². The van der Waals surface area contributed by atoms with Gasteiger partial charge in [-0.15, -0.1) is 0 Å². The van der Waals surface area contributed by atoms with Crippen LogP contribution in [0.15, 0.2) is 48.5 Å². The maximum Gasteiger partial charge on any atom is 0.489 e. The molecule has 0 amide bonds. The summed E-state index contributed by atoms with van der Waals surface area (Å²) in [5.41, 5.74) is 3.06. The van der Waals surface area contributed by atoms with Crippen LogP contribution in [-0.4, -0.2) is 23.3 Å². The molecule has 0 aliphatic heterocycles. The minimum Gasteiger partial charge on any atom is -0.423 e. The molecule has 1 atom stereocenters. The summed E-state index contributed by atoms with van der Waals surface area (Å²) >= 11 is 0. The lowest BCUT2D eigenvalue weighted by Gasteiger charge is -2.10. The summed E-state index contributed by atoms with van der Waals surface area (Å²) in [4.78, 5) is 0. The average Bonchev–Trinajstić information content (AvgIpc) is 2.39. The van der Waals surface area contributed by atoms with Crippen molar-refractivity contribution in [2.24, 2.45) is 0 Å². The van der Waals surface area contributed by atoms with Crippen LogP contribution in [0.3, 0.4) is 0 Å². The summed E-state index contributed by atoms with van der Waals surface area (Å²) < 4.78 is 12.9. The second-order valence-corrected chi connectivity index (χ2v) is 4.64. The van der Waals surface area contributed by atoms with Gasteiger partial charge in [0.25, 0.3) is 0 Å². The van der Waals surface area contributed by atoms with Gasteiger partial charge in [-0.3, -0.25) is 0 Å². The summed E-state index contributed by atoms with van der Waals surface area (Å²) in [6, 6.07) is 14.6. The number of rotatable bonds is 4. The van der Waals surface area contributed by atoms with Gasteiger partial charge in [-0.25, -0.2) is 4.39 Å². The highest BCUT2D eigenvalue weighted by Gasteiger charge is 2.16. The first-order valence-electron chi connectivity index (χ1n) is 6.26. The number of hydrogen-bond acceptors (Lipinski definition) is 2. The van der Waals surface area contributed by atoms with E-state index in [2.05, 4.69) is 0 Å². The Morgan fingerprint density at radius 2 is 1.68 bits per heavy atom. The molecule has 0 radical (unpaired) electrons. The maximum atomic E-state index is 12.9. The molecule has 98 valence electrons. The van der Waals surface area contributed by atoms with E-state index in [1.54, 1.807) is 12.1 Å². The maximum absolute atomic E-state index is 12.9. The molecular formula is C15H16BFO2. The molecular weight excluding hydrogens is 242 g/mol. The largest absolute Gasteiger partial charge is 0.489 e. The number of alkyl halides is 1. The standard InChI is InChI=1S/C15H16BFO2/c1-11(17)10-12-6-8-13(9-7-12)14-4-2-3-5-15(14)16(18)19/h2-9,11,18-19H,10H2,1H3. The quantitative estimate of drug-likeness (QED) is 0.823. The fourth-order valence-electron chi connectivity index (χ4n) is 2.13. The first-order chi connectivity index (χ1) is 9.08. The van der Waals surface area contributed by atoms with Gasteiger partial charge in [-0.05, 0) is 29.1 Å². The van der Waals surface area contributed by atoms with Crippen LogP contribution in [0.4, 0.5) is 4.39 Å². The smallest absolute Gasteiger partial charge is 0.423 e. The molecule has 1 unspecified atom stereocenters. The predicted octanol–water partition coefficient (Wildman–Crippen LogP) is 1.93. The Balaban J connectivity index is 2.32. The lowest BCUT2D eigenvalue weighted by Crippen LogP contribution is -2.31. The van der Waals surface area contributed by atoms with Crippen molar-refractivity contribution in [2.75, 3.05) is 0 Å². The second kappa shape index (κ2) is 6.00. The third-order valence-corrected chi connectivity index (χ3v) is 3.02. The Bertz CT molecular complexity index is 538. The van der Waals surface area contributed by atoms with E-state index < -0.39 is 13.3 Å². The lowest BCUT2D eigenvalue weighted by molar-refractivity contribution is 0.360. The van der Waals surface area contributed by atoms with Crippen LogP contribution in [0.1, 0.15) is 12.5 Å². The molecule has 2 N–H and O–H groups in total. The SMILES string of the molecule is CC(F)Cc1ccc(-c2ccccc2B(O)O)cc1. The molecule has 2 aromatic rings. The average molecular weight is 258 g/mol. The van der Waals surface area contributed by atoms with Crippen molar-refractivity contribution in [2.45, 2.75) is 19.5 Å². The fourth-order valence-corrected chi connectivity index (χ4v) is 2.13. The van der Waals surface area contributed by atoms with E-state index in [-0.39, 0.29) is 0 Å². The number of hydrogen-bond donors (Lipinski definition) is 2. The molecule has 19 heavy (non-hydrogen) atoms. The zero-order valence-electron chi connectivity index (χ0n) is 10.8. The normalized spacial score (nSPS) is 12.2. The highest BCUT2D eigenvalue weighted by molar-refractivity contribution is 6.60. The van der Waals surface area contributed by atoms with Crippen LogP contribution < -0.4 is 5.46 Å². The monoisotopic (exact) mass is 258 g/mol. The lowest BCUT2D eigenvalue weighted by atomic mass is 9.75. The third-order valence-electron chi connectivity index (χ3n) is 3.02. The first-order valence-corrected chi connectivity index (χ1v) is 6.26. The van der Waals surface area contributed by atoms with Crippen molar-refractivity contribution in [3.63, 3.8) is 0 Å². The van der Waals surface area contributed by atoms with Crippen LogP contribution in [0.25, 0.3) is 11.1 Å². The molecule has 2 rings (SSSR count). The molecule has 0 fully saturated rings. The fraction of sp³-hybridized carbons (Fsp3) is 0.200. The Hall–Kier alpha value is -1.65. The number of halogens is 1. The van der Waals surface area contributed by atoms with Gasteiger partial charge in [0.1, 0.15) is 6.17 Å². The van der Waals surface area contributed by atoms with E-state index in [0.29, 0.717) is 11.9 Å². The molecule has 0 spiro atoms. The predicted molar refractivity (Wildman–Crippen MR) is 76.0 cm³/mol. The molecule has 0 saturated carbocycles. The topological polar surface area (TPSA) is 40.5 Å². The highest BCUT2D eigenvalue weighted by Crippen LogP contribution is 2.19. The van der Waals surface area contributed by atoms with Gasteiger partial charge in [0.2, 0.25) is 0 Å². The van der Waals surface area contributed by atoms with Crippen molar-refractivity contribution < 1.29 is 14.4 Å². The molecule has 0 saturated heterocycles. The van der Waals surface area contributed by atoms with Gasteiger partial charge in [-0.2, -0.15) is 0 Å². The zero-order valence-corrected chi connectivity index (χ0v) is 10.8. The molecule has 0 aliphatic rings. The Labute approximate surface area is 112 Å². The van der Waals surface area contributed by atoms with Gasteiger partial charge in [0.15, 0.2) is 0 Å². The van der Waals surface area contributed by atoms with E-state index in [1.807, 2.05) is 36.4 Å². The van der Waals surface area contributed by atoms with Crippen LogP contribution in [-0.2, 0) is 6.42 Å². The van der Waals surface area contributed by atoms with Crippen LogP contribution in [0.2, 0.25) is 0 Å². The summed E-state index contributed by atoms with van der Waals surface area (Å²) in [6.45, 7) is 1.53. The number of benzene rings is 2. The van der Waals surface area contributed by atoms with Gasteiger partial charge in [0, 0.05) is 6.42 Å². The first kappa shape index (κ1) is 13.8.